The molecule has 6 heteroatoms. The van der Waals surface area contributed by atoms with E-state index in [-0.39, 0.29) is 17.9 Å². The van der Waals surface area contributed by atoms with Gasteiger partial charge in [0.25, 0.3) is 0 Å². The fourth-order valence-electron chi connectivity index (χ4n) is 1.91. The maximum atomic E-state index is 12.4. The summed E-state index contributed by atoms with van der Waals surface area (Å²) in [6, 6.07) is -0.785. The van der Waals surface area contributed by atoms with Crippen LogP contribution >= 0.6 is 0 Å². The molecule has 1 saturated carbocycles. The maximum Gasteiger partial charge on any atom is 0.423 e. The maximum absolute atomic E-state index is 12.4. The summed E-state index contributed by atoms with van der Waals surface area (Å²) in [6.45, 7) is 1.75. The van der Waals surface area contributed by atoms with Crippen LogP contribution in [-0.2, 0) is 4.79 Å². The van der Waals surface area contributed by atoms with E-state index in [0.29, 0.717) is 6.42 Å². The van der Waals surface area contributed by atoms with Crippen molar-refractivity contribution in [3.63, 3.8) is 0 Å². The van der Waals surface area contributed by atoms with Crippen LogP contribution in [-0.4, -0.2) is 23.3 Å². The summed E-state index contributed by atoms with van der Waals surface area (Å²) in [7, 11) is 0. The molecule has 0 amide bonds. The molecule has 0 aromatic carbocycles. The van der Waals surface area contributed by atoms with Crippen LogP contribution in [0.1, 0.15) is 19.8 Å². The number of hydrogen-bond acceptors (Lipinski definition) is 2. The van der Waals surface area contributed by atoms with Gasteiger partial charge in [-0.05, 0) is 24.3 Å². The first-order valence-corrected chi connectivity index (χ1v) is 4.52. The average molecular weight is 223 g/mol. The van der Waals surface area contributed by atoms with Crippen molar-refractivity contribution >= 4 is 5.97 Å². The summed E-state index contributed by atoms with van der Waals surface area (Å²) in [5.41, 5.74) is 3.82. The first-order chi connectivity index (χ1) is 6.73. The quantitative estimate of drug-likeness (QED) is 0.665. The van der Waals surface area contributed by atoms with Gasteiger partial charge in [0, 0.05) is 6.04 Å². The molecule has 0 saturated heterocycles. The Morgan fingerprint density at radius 2 is 2.07 bits per heavy atom. The Balaban J connectivity index is 3.18. The normalized spacial score (nSPS) is 30.5. The molecule has 3 nitrogen and oxygen atoms in total. The third-order valence-electron chi connectivity index (χ3n) is 2.49. The van der Waals surface area contributed by atoms with Crippen LogP contribution < -0.4 is 5.73 Å². The predicted octanol–water partition coefficient (Wildman–Crippen LogP) is 1.69. The minimum absolute atomic E-state index is 0.00620. The van der Waals surface area contributed by atoms with Crippen LogP contribution in [0.3, 0.4) is 0 Å². The fourth-order valence-corrected chi connectivity index (χ4v) is 1.91. The minimum atomic E-state index is -4.83. The molecule has 0 bridgehead atoms. The van der Waals surface area contributed by atoms with Gasteiger partial charge in [-0.1, -0.05) is 6.92 Å². The lowest BCUT2D eigenvalue weighted by atomic mass is 10.0. The first-order valence-electron chi connectivity index (χ1n) is 4.52. The van der Waals surface area contributed by atoms with Gasteiger partial charge in [-0.3, -0.25) is 0 Å². The molecule has 2 atom stereocenters. The lowest BCUT2D eigenvalue weighted by molar-refractivity contribution is -0.145. The molecule has 1 rings (SSSR count). The van der Waals surface area contributed by atoms with Gasteiger partial charge in [0.05, 0.1) is 0 Å². The molecule has 1 aliphatic carbocycles. The molecule has 0 heterocycles. The van der Waals surface area contributed by atoms with Crippen LogP contribution in [0.4, 0.5) is 13.2 Å². The van der Waals surface area contributed by atoms with Gasteiger partial charge < -0.3 is 10.8 Å². The zero-order valence-corrected chi connectivity index (χ0v) is 8.14. The highest BCUT2D eigenvalue weighted by Gasteiger charge is 2.44. The van der Waals surface area contributed by atoms with Crippen molar-refractivity contribution in [2.75, 3.05) is 0 Å². The van der Waals surface area contributed by atoms with Crippen LogP contribution in [0.15, 0.2) is 11.1 Å². The highest BCUT2D eigenvalue weighted by Crippen LogP contribution is 2.37. The van der Waals surface area contributed by atoms with E-state index in [0.717, 1.165) is 0 Å². The number of carboxylic acids is 1. The third-order valence-corrected chi connectivity index (χ3v) is 2.49. The van der Waals surface area contributed by atoms with E-state index in [1.807, 2.05) is 0 Å². The summed E-state index contributed by atoms with van der Waals surface area (Å²) < 4.78 is 37.3. The molecule has 86 valence electrons. The standard InChI is InChI=1S/C9H12F3NO2/c1-4-2-5(6(13)3-4)7(8(14)15)9(10,11)12/h4,6H,2-3,13H2,1H3,(H,14,15)/b7-5-/t4-,6-/m0/s1. The lowest BCUT2D eigenvalue weighted by Crippen LogP contribution is -2.27. The van der Waals surface area contributed by atoms with Crippen LogP contribution in [0.25, 0.3) is 0 Å². The Morgan fingerprint density at radius 1 is 1.53 bits per heavy atom. The molecule has 3 N–H and O–H groups in total. The van der Waals surface area contributed by atoms with E-state index in [1.54, 1.807) is 6.92 Å². The van der Waals surface area contributed by atoms with Gasteiger partial charge in [-0.25, -0.2) is 4.79 Å². The van der Waals surface area contributed by atoms with E-state index in [4.69, 9.17) is 10.8 Å². The smallest absolute Gasteiger partial charge is 0.423 e. The summed E-state index contributed by atoms with van der Waals surface area (Å²) in [6.07, 6.45) is -4.31. The minimum Gasteiger partial charge on any atom is -0.478 e. The van der Waals surface area contributed by atoms with Gasteiger partial charge in [0.1, 0.15) is 5.57 Å². The second-order valence-corrected chi connectivity index (χ2v) is 3.85. The largest absolute Gasteiger partial charge is 0.478 e. The zero-order chi connectivity index (χ0) is 11.8. The number of aliphatic carboxylic acids is 1. The average Bonchev–Trinajstić information content (AvgIpc) is 2.26. The van der Waals surface area contributed by atoms with E-state index in [2.05, 4.69) is 0 Å². The highest BCUT2D eigenvalue weighted by atomic mass is 19.4. The molecular weight excluding hydrogens is 211 g/mol. The van der Waals surface area contributed by atoms with Crippen molar-refractivity contribution < 1.29 is 23.1 Å². The van der Waals surface area contributed by atoms with Crippen molar-refractivity contribution in [3.8, 4) is 0 Å². The molecule has 0 spiro atoms. The van der Waals surface area contributed by atoms with Gasteiger partial charge in [-0.15, -0.1) is 0 Å². The second-order valence-electron chi connectivity index (χ2n) is 3.85. The van der Waals surface area contributed by atoms with Crippen LogP contribution in [0, 0.1) is 5.92 Å². The number of hydrogen-bond donors (Lipinski definition) is 2. The fraction of sp³-hybridized carbons (Fsp3) is 0.667. The molecule has 0 aliphatic heterocycles. The summed E-state index contributed by atoms with van der Waals surface area (Å²) in [4.78, 5) is 10.6. The van der Waals surface area contributed by atoms with Crippen molar-refractivity contribution in [2.45, 2.75) is 32.0 Å². The van der Waals surface area contributed by atoms with Crippen molar-refractivity contribution in [1.29, 1.82) is 0 Å². The van der Waals surface area contributed by atoms with E-state index in [9.17, 15) is 18.0 Å². The molecule has 1 aliphatic rings. The topological polar surface area (TPSA) is 63.3 Å². The molecule has 0 aromatic heterocycles. The Bertz CT molecular complexity index is 309. The number of halogens is 3. The third kappa shape index (κ3) is 2.50. The number of nitrogens with two attached hydrogens (primary N) is 1. The number of carbonyl (C=O) groups is 1. The molecule has 0 radical (unpaired) electrons. The highest BCUT2D eigenvalue weighted by molar-refractivity contribution is 5.89. The Labute approximate surface area is 84.8 Å². The molecule has 1 fully saturated rings. The Morgan fingerprint density at radius 3 is 2.33 bits per heavy atom. The van der Waals surface area contributed by atoms with Crippen molar-refractivity contribution in [3.05, 3.63) is 11.1 Å². The van der Waals surface area contributed by atoms with E-state index >= 15 is 0 Å². The summed E-state index contributed by atoms with van der Waals surface area (Å²) in [5.74, 6) is -1.94. The molecular formula is C9H12F3NO2. The second kappa shape index (κ2) is 3.84. The molecule has 15 heavy (non-hydrogen) atoms. The number of rotatable bonds is 1. The zero-order valence-electron chi connectivity index (χ0n) is 8.14. The van der Waals surface area contributed by atoms with Gasteiger partial charge in [0.2, 0.25) is 0 Å². The summed E-state index contributed by atoms with van der Waals surface area (Å²) >= 11 is 0. The van der Waals surface area contributed by atoms with Gasteiger partial charge >= 0.3 is 12.1 Å². The SMILES string of the molecule is C[C@H]1C/C(=C(\C(=O)O)C(F)(F)F)[C@@H](N)C1. The Hall–Kier alpha value is -1.04. The monoisotopic (exact) mass is 223 g/mol. The van der Waals surface area contributed by atoms with Crippen LogP contribution in [0.5, 0.6) is 0 Å². The molecule has 0 aromatic rings. The van der Waals surface area contributed by atoms with Crippen LogP contribution in [0.2, 0.25) is 0 Å². The number of alkyl halides is 3. The number of carboxylic acid groups (broad SMARTS) is 1. The Kier molecular flexibility index (Phi) is 3.08. The lowest BCUT2D eigenvalue weighted by Gasteiger charge is -2.13. The van der Waals surface area contributed by atoms with Crippen molar-refractivity contribution in [1.82, 2.24) is 0 Å². The predicted molar refractivity (Wildman–Crippen MR) is 47.1 cm³/mol. The molecule has 0 unspecified atom stereocenters. The van der Waals surface area contributed by atoms with E-state index in [1.165, 1.54) is 0 Å². The van der Waals surface area contributed by atoms with E-state index < -0.39 is 23.8 Å². The van der Waals surface area contributed by atoms with Gasteiger partial charge in [0.15, 0.2) is 0 Å². The summed E-state index contributed by atoms with van der Waals surface area (Å²) in [5, 5.41) is 8.54. The first kappa shape index (κ1) is 12.0. The van der Waals surface area contributed by atoms with Crippen molar-refractivity contribution in [2.24, 2.45) is 11.7 Å². The van der Waals surface area contributed by atoms with Gasteiger partial charge in [-0.2, -0.15) is 13.2 Å².